The van der Waals surface area contributed by atoms with E-state index >= 15 is 0 Å². The third-order valence-electron chi connectivity index (χ3n) is 5.18. The molecule has 0 radical (unpaired) electrons. The third kappa shape index (κ3) is 14.5. The SMILES string of the molecule is O=C(O)CN(CCCN(CC(=O)O)[C@@H](COCc1ccccc1)C(=O)O)CCN(CC(=O)O)CC(=O)O. The summed E-state index contributed by atoms with van der Waals surface area (Å²) in [4.78, 5) is 60.2. The molecule has 5 N–H and O–H groups in total. The average molecular weight is 528 g/mol. The molecule has 37 heavy (non-hydrogen) atoms. The van der Waals surface area contributed by atoms with E-state index < -0.39 is 62.1 Å². The Bertz CT molecular complexity index is 881. The van der Waals surface area contributed by atoms with E-state index in [0.717, 1.165) is 10.5 Å². The predicted molar refractivity (Wildman–Crippen MR) is 127 cm³/mol. The Hall–Kier alpha value is -3.59. The molecule has 0 fully saturated rings. The summed E-state index contributed by atoms with van der Waals surface area (Å²) >= 11 is 0. The van der Waals surface area contributed by atoms with Gasteiger partial charge >= 0.3 is 29.8 Å². The summed E-state index contributed by atoms with van der Waals surface area (Å²) in [5.74, 6) is -6.14. The van der Waals surface area contributed by atoms with Crippen molar-refractivity contribution in [1.82, 2.24) is 14.7 Å². The van der Waals surface area contributed by atoms with Gasteiger partial charge in [-0.1, -0.05) is 30.3 Å². The zero-order valence-electron chi connectivity index (χ0n) is 20.3. The molecule has 0 unspecified atom stereocenters. The molecule has 0 saturated heterocycles. The number of carboxylic acid groups (broad SMARTS) is 5. The van der Waals surface area contributed by atoms with Crippen LogP contribution in [0.2, 0.25) is 0 Å². The normalized spacial score (nSPS) is 12.1. The molecule has 1 aromatic rings. The Morgan fingerprint density at radius 3 is 1.70 bits per heavy atom. The zero-order valence-corrected chi connectivity index (χ0v) is 20.3. The molecule has 1 aromatic carbocycles. The number of carbonyl (C=O) groups is 5. The number of rotatable bonds is 21. The van der Waals surface area contributed by atoms with E-state index in [9.17, 15) is 39.3 Å². The maximum atomic E-state index is 11.9. The van der Waals surface area contributed by atoms with E-state index in [1.807, 2.05) is 6.07 Å². The van der Waals surface area contributed by atoms with Crippen LogP contribution in [0.5, 0.6) is 0 Å². The van der Waals surface area contributed by atoms with Crippen molar-refractivity contribution < 1.29 is 54.2 Å². The van der Waals surface area contributed by atoms with E-state index in [1.165, 1.54) is 9.80 Å². The summed E-state index contributed by atoms with van der Waals surface area (Å²) < 4.78 is 5.51. The highest BCUT2D eigenvalue weighted by Crippen LogP contribution is 2.07. The highest BCUT2D eigenvalue weighted by Gasteiger charge is 2.28. The summed E-state index contributed by atoms with van der Waals surface area (Å²) in [5.41, 5.74) is 0.820. The van der Waals surface area contributed by atoms with Crippen LogP contribution in [0, 0.1) is 0 Å². The lowest BCUT2D eigenvalue weighted by molar-refractivity contribution is -0.149. The molecule has 0 amide bonds. The van der Waals surface area contributed by atoms with Crippen LogP contribution in [0.4, 0.5) is 0 Å². The molecule has 0 aliphatic rings. The number of nitrogens with zero attached hydrogens (tertiary/aromatic N) is 3. The number of hydrogen-bond donors (Lipinski definition) is 5. The average Bonchev–Trinajstić information content (AvgIpc) is 2.78. The van der Waals surface area contributed by atoms with Gasteiger partial charge in [0.15, 0.2) is 0 Å². The number of benzene rings is 1. The molecule has 0 bridgehead atoms. The van der Waals surface area contributed by atoms with Gasteiger partial charge in [0.05, 0.1) is 39.4 Å². The molecule has 0 spiro atoms. The van der Waals surface area contributed by atoms with E-state index in [1.54, 1.807) is 24.3 Å². The van der Waals surface area contributed by atoms with Gasteiger partial charge in [0.2, 0.25) is 0 Å². The van der Waals surface area contributed by atoms with Crippen LogP contribution in [0.3, 0.4) is 0 Å². The van der Waals surface area contributed by atoms with Crippen LogP contribution >= 0.6 is 0 Å². The van der Waals surface area contributed by atoms with Gasteiger partial charge in [0.1, 0.15) is 6.04 Å². The molecule has 206 valence electrons. The van der Waals surface area contributed by atoms with E-state index in [2.05, 4.69) is 0 Å². The van der Waals surface area contributed by atoms with Crippen molar-refractivity contribution in [3.63, 3.8) is 0 Å². The number of carboxylic acids is 5. The monoisotopic (exact) mass is 527 g/mol. The van der Waals surface area contributed by atoms with Crippen molar-refractivity contribution in [2.75, 3.05) is 59.0 Å². The Kier molecular flexibility index (Phi) is 14.4. The molecule has 0 aromatic heterocycles. The predicted octanol–water partition coefficient (Wildman–Crippen LogP) is -0.709. The molecule has 1 rings (SSSR count). The quantitative estimate of drug-likeness (QED) is 0.134. The molecule has 0 saturated carbocycles. The second kappa shape index (κ2) is 17.0. The maximum absolute atomic E-state index is 11.9. The lowest BCUT2D eigenvalue weighted by Gasteiger charge is -2.29. The van der Waals surface area contributed by atoms with E-state index in [0.29, 0.717) is 0 Å². The fourth-order valence-corrected chi connectivity index (χ4v) is 3.55. The number of ether oxygens (including phenoxy) is 1. The summed E-state index contributed by atoms with van der Waals surface area (Å²) in [7, 11) is 0. The second-order valence-corrected chi connectivity index (χ2v) is 8.24. The molecule has 14 nitrogen and oxygen atoms in total. The highest BCUT2D eigenvalue weighted by molar-refractivity contribution is 5.75. The Morgan fingerprint density at radius 1 is 0.676 bits per heavy atom. The highest BCUT2D eigenvalue weighted by atomic mass is 16.5. The van der Waals surface area contributed by atoms with Crippen molar-refractivity contribution >= 4 is 29.8 Å². The molecule has 0 aliphatic carbocycles. The van der Waals surface area contributed by atoms with Crippen molar-refractivity contribution in [1.29, 1.82) is 0 Å². The maximum Gasteiger partial charge on any atom is 0.323 e. The Labute approximate surface area is 213 Å². The van der Waals surface area contributed by atoms with Crippen molar-refractivity contribution in [2.45, 2.75) is 19.1 Å². The fourth-order valence-electron chi connectivity index (χ4n) is 3.55. The van der Waals surface area contributed by atoms with Gasteiger partial charge in [-0.3, -0.25) is 38.7 Å². The van der Waals surface area contributed by atoms with E-state index in [4.69, 9.17) is 14.9 Å². The number of hydrogen-bond acceptors (Lipinski definition) is 9. The zero-order chi connectivity index (χ0) is 27.8. The summed E-state index contributed by atoms with van der Waals surface area (Å²) in [6, 6.07) is 7.77. The largest absolute Gasteiger partial charge is 0.480 e. The van der Waals surface area contributed by atoms with Crippen molar-refractivity contribution in [3.05, 3.63) is 35.9 Å². The first-order valence-corrected chi connectivity index (χ1v) is 11.4. The first-order valence-electron chi connectivity index (χ1n) is 11.4. The van der Waals surface area contributed by atoms with Crippen molar-refractivity contribution in [2.24, 2.45) is 0 Å². The third-order valence-corrected chi connectivity index (χ3v) is 5.18. The Balaban J connectivity index is 2.76. The van der Waals surface area contributed by atoms with Crippen LogP contribution in [-0.2, 0) is 35.3 Å². The standard InChI is InChI=1S/C23H33N3O11/c27-19(28)11-24(9-10-25(12-20(29)30)13-21(31)32)7-4-8-26(14-22(33)34)18(23(35)36)16-37-15-17-5-2-1-3-6-17/h1-3,5-6,18H,4,7-16H2,(H,27,28)(H,29,30)(H,31,32)(H,33,34)(H,35,36)/t18-/m0/s1. The minimum atomic E-state index is -1.27. The molecule has 0 aliphatic heterocycles. The van der Waals surface area contributed by atoms with Gasteiger partial charge in [0, 0.05) is 26.2 Å². The molecule has 1 atom stereocenters. The van der Waals surface area contributed by atoms with Gasteiger partial charge in [-0.2, -0.15) is 0 Å². The van der Waals surface area contributed by atoms with Crippen LogP contribution in [0.15, 0.2) is 30.3 Å². The lowest BCUT2D eigenvalue weighted by atomic mass is 10.2. The molecule has 14 heteroatoms. The summed E-state index contributed by atoms with van der Waals surface area (Å²) in [6.07, 6.45) is 0.195. The first kappa shape index (κ1) is 31.4. The van der Waals surface area contributed by atoms with Crippen LogP contribution in [0.25, 0.3) is 0 Å². The molecular formula is C23H33N3O11. The first-order chi connectivity index (χ1) is 17.5. The Morgan fingerprint density at radius 2 is 1.19 bits per heavy atom. The lowest BCUT2D eigenvalue weighted by Crippen LogP contribution is -2.48. The van der Waals surface area contributed by atoms with Gasteiger partial charge in [-0.05, 0) is 12.0 Å². The van der Waals surface area contributed by atoms with E-state index in [-0.39, 0.29) is 45.8 Å². The van der Waals surface area contributed by atoms with Crippen LogP contribution in [0.1, 0.15) is 12.0 Å². The minimum Gasteiger partial charge on any atom is -0.480 e. The van der Waals surface area contributed by atoms with Gasteiger partial charge in [0.25, 0.3) is 0 Å². The van der Waals surface area contributed by atoms with Crippen molar-refractivity contribution in [3.8, 4) is 0 Å². The fraction of sp³-hybridized carbons (Fsp3) is 0.522. The topological polar surface area (TPSA) is 205 Å². The molecular weight excluding hydrogens is 494 g/mol. The number of aliphatic carboxylic acids is 5. The van der Waals surface area contributed by atoms with Gasteiger partial charge < -0.3 is 30.3 Å². The molecule has 0 heterocycles. The minimum absolute atomic E-state index is 0.00203. The van der Waals surface area contributed by atoms with Crippen LogP contribution in [-0.4, -0.2) is 135 Å². The van der Waals surface area contributed by atoms with Gasteiger partial charge in [-0.25, -0.2) is 0 Å². The summed E-state index contributed by atoms with van der Waals surface area (Å²) in [6.45, 7) is -2.08. The second-order valence-electron chi connectivity index (χ2n) is 8.24. The summed E-state index contributed by atoms with van der Waals surface area (Å²) in [5, 5.41) is 46.0. The van der Waals surface area contributed by atoms with Gasteiger partial charge in [-0.15, -0.1) is 0 Å². The smallest absolute Gasteiger partial charge is 0.323 e. The van der Waals surface area contributed by atoms with Crippen LogP contribution < -0.4 is 0 Å².